The molecule has 1 aromatic carbocycles. The molecule has 4 rings (SSSR count). The number of nitrogens with zero attached hydrogens (tertiary/aromatic N) is 4. The van der Waals surface area contributed by atoms with Crippen LogP contribution in [0.25, 0.3) is 5.69 Å². The maximum absolute atomic E-state index is 5.60. The summed E-state index contributed by atoms with van der Waals surface area (Å²) < 4.78 is 7.50. The van der Waals surface area contributed by atoms with Crippen LogP contribution in [0.4, 0.5) is 0 Å². The van der Waals surface area contributed by atoms with E-state index in [9.17, 15) is 0 Å². The molecule has 162 valence electrons. The van der Waals surface area contributed by atoms with Gasteiger partial charge in [0.05, 0.1) is 25.1 Å². The molecule has 7 nitrogen and oxygen atoms in total. The number of guanidine groups is 1. The fraction of sp³-hybridized carbons (Fsp3) is 0.565. The Morgan fingerprint density at radius 1 is 1.10 bits per heavy atom. The molecule has 0 unspecified atom stereocenters. The van der Waals surface area contributed by atoms with E-state index in [0.29, 0.717) is 6.54 Å². The molecule has 1 saturated heterocycles. The average Bonchev–Trinajstić information content (AvgIpc) is 3.30. The van der Waals surface area contributed by atoms with Crippen molar-refractivity contribution in [2.24, 2.45) is 4.99 Å². The average molecular weight is 411 g/mol. The van der Waals surface area contributed by atoms with E-state index in [1.807, 2.05) is 36.1 Å². The molecule has 2 N–H and O–H groups in total. The predicted molar refractivity (Wildman–Crippen MR) is 120 cm³/mol. The highest BCUT2D eigenvalue weighted by molar-refractivity contribution is 5.79. The molecule has 0 radical (unpaired) electrons. The summed E-state index contributed by atoms with van der Waals surface area (Å²) >= 11 is 0. The lowest BCUT2D eigenvalue weighted by Crippen LogP contribution is -2.60. The summed E-state index contributed by atoms with van der Waals surface area (Å²) in [6, 6.07) is 10.2. The maximum Gasteiger partial charge on any atom is 0.191 e. The van der Waals surface area contributed by atoms with Crippen molar-refractivity contribution in [2.45, 2.75) is 44.2 Å². The summed E-state index contributed by atoms with van der Waals surface area (Å²) in [5.41, 5.74) is 2.41. The van der Waals surface area contributed by atoms with Gasteiger partial charge in [-0.3, -0.25) is 9.89 Å². The molecular weight excluding hydrogens is 376 g/mol. The Kier molecular flexibility index (Phi) is 7.02. The molecule has 0 amide bonds. The quantitative estimate of drug-likeness (QED) is 0.566. The molecule has 2 aromatic rings. The summed E-state index contributed by atoms with van der Waals surface area (Å²) in [4.78, 5) is 7.11. The molecule has 1 saturated carbocycles. The Morgan fingerprint density at radius 3 is 2.60 bits per heavy atom. The summed E-state index contributed by atoms with van der Waals surface area (Å²) in [6.07, 6.45) is 10.4. The van der Waals surface area contributed by atoms with Gasteiger partial charge in [0.2, 0.25) is 0 Å². The molecular formula is C23H34N6O. The normalized spacial score (nSPS) is 20.1. The van der Waals surface area contributed by atoms with E-state index < -0.39 is 0 Å². The van der Waals surface area contributed by atoms with Gasteiger partial charge in [-0.2, -0.15) is 5.10 Å². The minimum Gasteiger partial charge on any atom is -0.379 e. The third-order valence-corrected chi connectivity index (χ3v) is 6.39. The third kappa shape index (κ3) is 5.02. The molecule has 2 heterocycles. The van der Waals surface area contributed by atoms with Crippen LogP contribution < -0.4 is 10.6 Å². The number of aromatic nitrogens is 2. The summed E-state index contributed by atoms with van der Waals surface area (Å²) in [5, 5.41) is 11.5. The molecule has 2 fully saturated rings. The first-order valence-electron chi connectivity index (χ1n) is 11.2. The highest BCUT2D eigenvalue weighted by Crippen LogP contribution is 2.33. The molecule has 1 aromatic heterocycles. The number of nitrogens with one attached hydrogen (secondary N) is 2. The van der Waals surface area contributed by atoms with Crippen LogP contribution in [0.1, 0.15) is 37.7 Å². The number of aliphatic imine (C=N–C) groups is 1. The predicted octanol–water partition coefficient (Wildman–Crippen LogP) is 2.57. The molecule has 7 heteroatoms. The van der Waals surface area contributed by atoms with Crippen LogP contribution in [-0.4, -0.2) is 66.1 Å². The molecule has 2 aliphatic rings. The van der Waals surface area contributed by atoms with E-state index in [1.165, 1.54) is 32.1 Å². The van der Waals surface area contributed by atoms with E-state index in [1.54, 1.807) is 0 Å². The molecule has 30 heavy (non-hydrogen) atoms. The van der Waals surface area contributed by atoms with Gasteiger partial charge in [-0.1, -0.05) is 37.5 Å². The Balaban J connectivity index is 1.33. The van der Waals surface area contributed by atoms with Gasteiger partial charge in [-0.25, -0.2) is 4.68 Å². The third-order valence-electron chi connectivity index (χ3n) is 6.39. The molecule has 0 atom stereocenters. The molecule has 0 spiro atoms. The van der Waals surface area contributed by atoms with Crippen LogP contribution in [0.2, 0.25) is 0 Å². The van der Waals surface area contributed by atoms with Crippen molar-refractivity contribution in [3.8, 4) is 5.69 Å². The fourth-order valence-corrected chi connectivity index (χ4v) is 4.68. The van der Waals surface area contributed by atoms with Crippen molar-refractivity contribution in [3.63, 3.8) is 0 Å². The van der Waals surface area contributed by atoms with Gasteiger partial charge in [-0.05, 0) is 25.0 Å². The van der Waals surface area contributed by atoms with Crippen molar-refractivity contribution in [3.05, 3.63) is 48.3 Å². The van der Waals surface area contributed by atoms with Crippen molar-refractivity contribution >= 4 is 5.96 Å². The number of hydrogen-bond donors (Lipinski definition) is 2. The largest absolute Gasteiger partial charge is 0.379 e. The Labute approximate surface area is 179 Å². The second-order valence-electron chi connectivity index (χ2n) is 8.29. The highest BCUT2D eigenvalue weighted by Gasteiger charge is 2.38. The van der Waals surface area contributed by atoms with E-state index in [-0.39, 0.29) is 5.54 Å². The number of rotatable bonds is 6. The van der Waals surface area contributed by atoms with Crippen molar-refractivity contribution < 1.29 is 4.74 Å². The first kappa shape index (κ1) is 20.9. The Bertz CT molecular complexity index is 806. The number of para-hydroxylation sites is 1. The second-order valence-corrected chi connectivity index (χ2v) is 8.29. The van der Waals surface area contributed by atoms with E-state index in [0.717, 1.165) is 50.1 Å². The van der Waals surface area contributed by atoms with Crippen molar-refractivity contribution in [1.82, 2.24) is 25.3 Å². The van der Waals surface area contributed by atoms with Gasteiger partial charge in [-0.15, -0.1) is 0 Å². The lowest BCUT2D eigenvalue weighted by Gasteiger charge is -2.48. The van der Waals surface area contributed by atoms with Crippen LogP contribution in [-0.2, 0) is 11.3 Å². The van der Waals surface area contributed by atoms with Crippen LogP contribution >= 0.6 is 0 Å². The highest BCUT2D eigenvalue weighted by atomic mass is 16.5. The van der Waals surface area contributed by atoms with Crippen LogP contribution in [0, 0.1) is 0 Å². The lowest BCUT2D eigenvalue weighted by atomic mass is 9.80. The van der Waals surface area contributed by atoms with E-state index >= 15 is 0 Å². The summed E-state index contributed by atoms with van der Waals surface area (Å²) in [6.45, 7) is 5.38. The maximum atomic E-state index is 5.60. The van der Waals surface area contributed by atoms with E-state index in [2.05, 4.69) is 44.0 Å². The number of benzene rings is 1. The molecule has 1 aliphatic heterocycles. The minimum absolute atomic E-state index is 0.220. The molecule has 1 aliphatic carbocycles. The van der Waals surface area contributed by atoms with Crippen LogP contribution in [0.15, 0.2) is 47.7 Å². The van der Waals surface area contributed by atoms with Crippen LogP contribution in [0.3, 0.4) is 0 Å². The van der Waals surface area contributed by atoms with Gasteiger partial charge >= 0.3 is 0 Å². The SMILES string of the molecule is CN=C(NCc1cnn(-c2ccccc2)c1)NCC1(N2CCOCC2)CCCCC1. The zero-order valence-corrected chi connectivity index (χ0v) is 18.0. The zero-order chi connectivity index (χ0) is 20.7. The first-order valence-corrected chi connectivity index (χ1v) is 11.2. The van der Waals surface area contributed by atoms with E-state index in [4.69, 9.17) is 4.74 Å². The fourth-order valence-electron chi connectivity index (χ4n) is 4.68. The Morgan fingerprint density at radius 2 is 1.87 bits per heavy atom. The van der Waals surface area contributed by atoms with Gasteiger partial charge in [0.25, 0.3) is 0 Å². The topological polar surface area (TPSA) is 66.7 Å². The standard InChI is InChI=1S/C23H34N6O/c1-24-22(25-16-20-17-27-29(18-20)21-8-4-2-5-9-21)26-19-23(10-6-3-7-11-23)28-12-14-30-15-13-28/h2,4-5,8-9,17-18H,3,6-7,10-16,19H2,1H3,(H2,24,25,26). The Hall–Kier alpha value is -2.38. The first-order chi connectivity index (χ1) is 14.8. The monoisotopic (exact) mass is 410 g/mol. The molecule has 0 bridgehead atoms. The summed E-state index contributed by atoms with van der Waals surface area (Å²) in [5.74, 6) is 0.848. The minimum atomic E-state index is 0.220. The number of morpholine rings is 1. The van der Waals surface area contributed by atoms with Crippen molar-refractivity contribution in [1.29, 1.82) is 0 Å². The van der Waals surface area contributed by atoms with Crippen molar-refractivity contribution in [2.75, 3.05) is 39.9 Å². The number of hydrogen-bond acceptors (Lipinski definition) is 4. The number of ether oxygens (including phenoxy) is 1. The lowest BCUT2D eigenvalue weighted by molar-refractivity contribution is -0.0352. The second kappa shape index (κ2) is 10.1. The van der Waals surface area contributed by atoms with Crippen LogP contribution in [0.5, 0.6) is 0 Å². The zero-order valence-electron chi connectivity index (χ0n) is 18.0. The summed E-state index contributed by atoms with van der Waals surface area (Å²) in [7, 11) is 1.84. The van der Waals surface area contributed by atoms with Gasteiger partial charge in [0.1, 0.15) is 0 Å². The van der Waals surface area contributed by atoms with Gasteiger partial charge in [0, 0.05) is 50.5 Å². The van der Waals surface area contributed by atoms with Gasteiger partial charge < -0.3 is 15.4 Å². The van der Waals surface area contributed by atoms with Gasteiger partial charge in [0.15, 0.2) is 5.96 Å². The smallest absolute Gasteiger partial charge is 0.191 e.